The molecule has 0 aliphatic heterocycles. The maximum Gasteiger partial charge on any atom is 0.209 e. The number of fused-ring (bicyclic) bond motifs is 1. The van der Waals surface area contributed by atoms with Gasteiger partial charge in [0.05, 0.1) is 5.57 Å². The highest BCUT2D eigenvalue weighted by Crippen LogP contribution is 2.46. The van der Waals surface area contributed by atoms with E-state index >= 15 is 0 Å². The van der Waals surface area contributed by atoms with E-state index in [1.165, 1.54) is 0 Å². The number of ketones is 3. The molecule has 0 saturated heterocycles. The second-order valence-electron chi connectivity index (χ2n) is 9.55. The van der Waals surface area contributed by atoms with E-state index in [1.54, 1.807) is 36.4 Å². The van der Waals surface area contributed by atoms with Crippen LogP contribution < -0.4 is 0 Å². The van der Waals surface area contributed by atoms with Gasteiger partial charge in [0.2, 0.25) is 10.1 Å². The number of allylic oxidation sites excluding steroid dienone is 6. The van der Waals surface area contributed by atoms with Gasteiger partial charge in [0, 0.05) is 22.3 Å². The van der Waals surface area contributed by atoms with Gasteiger partial charge < -0.3 is 0 Å². The first-order chi connectivity index (χ1) is 13.2. The lowest BCUT2D eigenvalue weighted by molar-refractivity contribution is -0.114. The maximum atomic E-state index is 13.3. The van der Waals surface area contributed by atoms with Gasteiger partial charge >= 0.3 is 0 Å². The first-order valence-electron chi connectivity index (χ1n) is 9.47. The summed E-state index contributed by atoms with van der Waals surface area (Å²) < 4.78 is -2.03. The second-order valence-corrected chi connectivity index (χ2v) is 10.9. The van der Waals surface area contributed by atoms with Crippen molar-refractivity contribution in [1.82, 2.24) is 0 Å². The Morgan fingerprint density at radius 1 is 0.724 bits per heavy atom. The van der Waals surface area contributed by atoms with E-state index in [1.807, 2.05) is 41.5 Å². The molecule has 0 radical (unpaired) electrons. The monoisotopic (exact) mass is 430 g/mol. The molecule has 3 rings (SSSR count). The third kappa shape index (κ3) is 3.55. The smallest absolute Gasteiger partial charge is 0.209 e. The van der Waals surface area contributed by atoms with Crippen LogP contribution in [0.5, 0.6) is 0 Å². The quantitative estimate of drug-likeness (QED) is 0.370. The molecule has 0 heterocycles. The Kier molecular flexibility index (Phi) is 5.08. The SMILES string of the molecule is CC(C)(C)C1=CC(=C2C(=O)c3ccccc3C(=O)C2(Cl)Cl)C=C(C(C)(C)C)C1=O. The third-order valence-electron chi connectivity index (χ3n) is 5.24. The molecule has 5 heteroatoms. The van der Waals surface area contributed by atoms with E-state index in [0.29, 0.717) is 16.7 Å². The molecule has 29 heavy (non-hydrogen) atoms. The molecule has 2 aliphatic rings. The predicted molar refractivity (Wildman–Crippen MR) is 117 cm³/mol. The Bertz CT molecular complexity index is 1000. The molecule has 0 aromatic heterocycles. The van der Waals surface area contributed by atoms with Crippen molar-refractivity contribution in [3.05, 3.63) is 69.8 Å². The summed E-state index contributed by atoms with van der Waals surface area (Å²) in [4.78, 5) is 39.5. The summed E-state index contributed by atoms with van der Waals surface area (Å²) in [5.41, 5.74) is 1.07. The molecular weight excluding hydrogens is 407 g/mol. The lowest BCUT2D eigenvalue weighted by Crippen LogP contribution is -2.40. The van der Waals surface area contributed by atoms with Crippen LogP contribution in [0.25, 0.3) is 0 Å². The molecule has 3 nitrogen and oxygen atoms in total. The number of Topliss-reactive ketones (excluding diaryl/α,β-unsaturated/α-hetero) is 3. The van der Waals surface area contributed by atoms with Crippen LogP contribution in [0.3, 0.4) is 0 Å². The number of carbonyl (C=O) groups excluding carboxylic acids is 3. The van der Waals surface area contributed by atoms with Crippen molar-refractivity contribution in [3.8, 4) is 0 Å². The molecule has 0 unspecified atom stereocenters. The van der Waals surface area contributed by atoms with E-state index in [4.69, 9.17) is 23.2 Å². The number of halogens is 2. The number of benzene rings is 1. The molecule has 152 valence electrons. The summed E-state index contributed by atoms with van der Waals surface area (Å²) in [5.74, 6) is -1.01. The first kappa shape index (κ1) is 21.7. The van der Waals surface area contributed by atoms with Crippen LogP contribution in [0.4, 0.5) is 0 Å². The zero-order chi connectivity index (χ0) is 21.9. The predicted octanol–water partition coefficient (Wildman–Crippen LogP) is 6.06. The van der Waals surface area contributed by atoms with Crippen LogP contribution in [0.1, 0.15) is 62.3 Å². The lowest BCUT2D eigenvalue weighted by Gasteiger charge is -2.34. The summed E-state index contributed by atoms with van der Waals surface area (Å²) in [6, 6.07) is 6.50. The van der Waals surface area contributed by atoms with Crippen molar-refractivity contribution in [1.29, 1.82) is 0 Å². The van der Waals surface area contributed by atoms with Gasteiger partial charge in [-0.15, -0.1) is 0 Å². The van der Waals surface area contributed by atoms with Crippen molar-refractivity contribution in [3.63, 3.8) is 0 Å². The normalized spacial score (nSPS) is 19.8. The van der Waals surface area contributed by atoms with Gasteiger partial charge in [0.25, 0.3) is 0 Å². The van der Waals surface area contributed by atoms with E-state index < -0.39 is 26.7 Å². The standard InChI is InChI=1S/C24H24Cl2O3/c1-22(2,3)16-11-13(12-17(20(16)28)23(4,5)6)18-19(27)14-9-7-8-10-15(14)21(29)24(18,25)26/h7-12H,1-6H3. The summed E-state index contributed by atoms with van der Waals surface area (Å²) in [6.07, 6.45) is 3.32. The third-order valence-corrected chi connectivity index (χ3v) is 5.96. The fraction of sp³-hybridized carbons (Fsp3) is 0.375. The van der Waals surface area contributed by atoms with Gasteiger partial charge in [-0.05, 0) is 28.6 Å². The summed E-state index contributed by atoms with van der Waals surface area (Å²) in [6.45, 7) is 11.6. The van der Waals surface area contributed by atoms with E-state index in [-0.39, 0.29) is 22.5 Å². The number of hydrogen-bond donors (Lipinski definition) is 0. The fourth-order valence-corrected chi connectivity index (χ4v) is 4.23. The lowest BCUT2D eigenvalue weighted by atomic mass is 9.70. The van der Waals surface area contributed by atoms with Gasteiger partial charge in [-0.2, -0.15) is 0 Å². The van der Waals surface area contributed by atoms with Crippen LogP contribution in [0.2, 0.25) is 0 Å². The van der Waals surface area contributed by atoms with Crippen molar-refractivity contribution in [2.75, 3.05) is 0 Å². The van der Waals surface area contributed by atoms with Gasteiger partial charge in [0.15, 0.2) is 11.6 Å². The first-order valence-corrected chi connectivity index (χ1v) is 10.2. The topological polar surface area (TPSA) is 51.2 Å². The van der Waals surface area contributed by atoms with Crippen molar-refractivity contribution < 1.29 is 14.4 Å². The van der Waals surface area contributed by atoms with Gasteiger partial charge in [-0.3, -0.25) is 14.4 Å². The summed E-state index contributed by atoms with van der Waals surface area (Å²) >= 11 is 13.0. The maximum absolute atomic E-state index is 13.3. The number of rotatable bonds is 0. The van der Waals surface area contributed by atoms with Crippen LogP contribution >= 0.6 is 23.2 Å². The number of alkyl halides is 2. The fourth-order valence-electron chi connectivity index (χ4n) is 3.64. The van der Waals surface area contributed by atoms with Crippen molar-refractivity contribution in [2.24, 2.45) is 10.8 Å². The van der Waals surface area contributed by atoms with E-state index in [2.05, 4.69) is 0 Å². The van der Waals surface area contributed by atoms with E-state index in [9.17, 15) is 14.4 Å². The zero-order valence-electron chi connectivity index (χ0n) is 17.4. The Morgan fingerprint density at radius 3 is 1.62 bits per heavy atom. The van der Waals surface area contributed by atoms with Crippen molar-refractivity contribution in [2.45, 2.75) is 45.9 Å². The van der Waals surface area contributed by atoms with Gasteiger partial charge in [0.1, 0.15) is 0 Å². The number of carbonyl (C=O) groups is 3. The molecule has 0 fully saturated rings. The second kappa shape index (κ2) is 6.78. The van der Waals surface area contributed by atoms with E-state index in [0.717, 1.165) is 0 Å². The van der Waals surface area contributed by atoms with Gasteiger partial charge in [-0.25, -0.2) is 0 Å². The molecule has 1 aromatic rings. The molecule has 1 aromatic carbocycles. The Labute approximate surface area is 181 Å². The van der Waals surface area contributed by atoms with Crippen LogP contribution in [0, 0.1) is 10.8 Å². The Morgan fingerprint density at radius 2 is 1.17 bits per heavy atom. The van der Waals surface area contributed by atoms with Crippen LogP contribution in [-0.4, -0.2) is 21.7 Å². The summed E-state index contributed by atoms with van der Waals surface area (Å²) in [7, 11) is 0. The molecule has 0 atom stereocenters. The highest BCUT2D eigenvalue weighted by Gasteiger charge is 2.49. The highest BCUT2D eigenvalue weighted by molar-refractivity contribution is 6.65. The average Bonchev–Trinajstić information content (AvgIpc) is 2.59. The minimum absolute atomic E-state index is 0.000494. The largest absolute Gasteiger partial charge is 0.290 e. The van der Waals surface area contributed by atoms with Crippen LogP contribution in [-0.2, 0) is 4.79 Å². The average molecular weight is 431 g/mol. The van der Waals surface area contributed by atoms with Crippen LogP contribution in [0.15, 0.2) is 58.7 Å². The minimum Gasteiger partial charge on any atom is -0.290 e. The Balaban J connectivity index is 2.39. The molecule has 0 amide bonds. The highest BCUT2D eigenvalue weighted by atomic mass is 35.5. The van der Waals surface area contributed by atoms with Gasteiger partial charge in [-0.1, -0.05) is 89.0 Å². The minimum atomic E-state index is -2.03. The molecular formula is C24H24Cl2O3. The molecule has 0 N–H and O–H groups in total. The van der Waals surface area contributed by atoms with Crippen molar-refractivity contribution >= 4 is 40.6 Å². The molecule has 0 saturated carbocycles. The molecule has 0 spiro atoms. The zero-order valence-corrected chi connectivity index (χ0v) is 19.0. The molecule has 2 aliphatic carbocycles. The molecule has 0 bridgehead atoms. The number of hydrogen-bond acceptors (Lipinski definition) is 3. The summed E-state index contributed by atoms with van der Waals surface area (Å²) in [5, 5.41) is 0. The Hall–Kier alpha value is -1.97.